The average molecular weight is 311 g/mol. The van der Waals surface area contributed by atoms with Gasteiger partial charge in [-0.15, -0.1) is 0 Å². The molecule has 0 spiro atoms. The Morgan fingerprint density at radius 3 is 2.57 bits per heavy atom. The summed E-state index contributed by atoms with van der Waals surface area (Å²) in [4.78, 5) is 0.214. The van der Waals surface area contributed by atoms with Gasteiger partial charge >= 0.3 is 0 Å². The normalized spacial score (nSPS) is 13.5. The fraction of sp³-hybridized carbons (Fsp3) is 0.538. The van der Waals surface area contributed by atoms with E-state index in [0.717, 1.165) is 6.54 Å². The Labute approximate surface area is 125 Å². The Hall–Kier alpha value is -1.67. The number of aryl methyl sites for hydroxylation is 2. The van der Waals surface area contributed by atoms with E-state index in [1.807, 2.05) is 26.1 Å². The third kappa shape index (κ3) is 3.16. The summed E-state index contributed by atoms with van der Waals surface area (Å²) < 4.78 is 31.0. The smallest absolute Gasteiger partial charge is 0.244 e. The van der Waals surface area contributed by atoms with Gasteiger partial charge in [-0.1, -0.05) is 0 Å². The molecule has 0 fully saturated rings. The van der Waals surface area contributed by atoms with Crippen molar-refractivity contribution in [3.8, 4) is 0 Å². The van der Waals surface area contributed by atoms with Gasteiger partial charge in [0, 0.05) is 19.3 Å². The lowest BCUT2D eigenvalue weighted by Crippen LogP contribution is -2.27. The predicted molar refractivity (Wildman–Crippen MR) is 79.3 cm³/mol. The number of rotatable bonds is 6. The summed E-state index contributed by atoms with van der Waals surface area (Å²) in [7, 11) is -3.61. The van der Waals surface area contributed by atoms with Gasteiger partial charge < -0.3 is 0 Å². The van der Waals surface area contributed by atoms with Crippen molar-refractivity contribution in [1.82, 2.24) is 24.3 Å². The number of nitrogens with zero attached hydrogens (tertiary/aromatic N) is 4. The fourth-order valence-corrected chi connectivity index (χ4v) is 3.55. The Morgan fingerprint density at radius 1 is 1.33 bits per heavy atom. The van der Waals surface area contributed by atoms with Gasteiger partial charge in [0.2, 0.25) is 10.0 Å². The first-order valence-electron chi connectivity index (χ1n) is 6.97. The Kier molecular flexibility index (Phi) is 4.48. The Bertz CT molecular complexity index is 717. The average Bonchev–Trinajstić information content (AvgIpc) is 3.04. The zero-order valence-corrected chi connectivity index (χ0v) is 13.6. The SMILES string of the molecule is CCn1ccc(C(C)NS(=O)(=O)c2cnn(CC)c2C)n1. The van der Waals surface area contributed by atoms with Crippen LogP contribution in [0.3, 0.4) is 0 Å². The summed E-state index contributed by atoms with van der Waals surface area (Å²) in [6.07, 6.45) is 3.22. The first-order valence-corrected chi connectivity index (χ1v) is 8.45. The summed E-state index contributed by atoms with van der Waals surface area (Å²) in [5.41, 5.74) is 1.33. The van der Waals surface area contributed by atoms with Crippen LogP contribution in [0.2, 0.25) is 0 Å². The molecule has 0 radical (unpaired) electrons. The lowest BCUT2D eigenvalue weighted by atomic mass is 10.3. The molecule has 0 saturated heterocycles. The molecule has 8 heteroatoms. The molecule has 0 saturated carbocycles. The second-order valence-electron chi connectivity index (χ2n) is 4.85. The van der Waals surface area contributed by atoms with Crippen LogP contribution in [0.25, 0.3) is 0 Å². The maximum Gasteiger partial charge on any atom is 0.244 e. The molecule has 0 aromatic carbocycles. The predicted octanol–water partition coefficient (Wildman–Crippen LogP) is 1.47. The van der Waals surface area contributed by atoms with Crippen molar-refractivity contribution in [3.05, 3.63) is 29.8 Å². The maximum atomic E-state index is 12.4. The zero-order chi connectivity index (χ0) is 15.6. The fourth-order valence-electron chi connectivity index (χ4n) is 2.15. The molecule has 0 aliphatic carbocycles. The van der Waals surface area contributed by atoms with Crippen LogP contribution in [0.15, 0.2) is 23.4 Å². The van der Waals surface area contributed by atoms with Crippen molar-refractivity contribution >= 4 is 10.0 Å². The summed E-state index contributed by atoms with van der Waals surface area (Å²) >= 11 is 0. The molecule has 1 unspecified atom stereocenters. The number of sulfonamides is 1. The molecule has 116 valence electrons. The molecule has 0 amide bonds. The highest BCUT2D eigenvalue weighted by molar-refractivity contribution is 7.89. The molecule has 0 aliphatic rings. The van der Waals surface area contributed by atoms with E-state index in [0.29, 0.717) is 17.9 Å². The minimum atomic E-state index is -3.61. The third-order valence-electron chi connectivity index (χ3n) is 3.41. The van der Waals surface area contributed by atoms with E-state index < -0.39 is 16.1 Å². The number of hydrogen-bond donors (Lipinski definition) is 1. The second-order valence-corrected chi connectivity index (χ2v) is 6.53. The van der Waals surface area contributed by atoms with Crippen LogP contribution < -0.4 is 4.72 Å². The number of nitrogens with one attached hydrogen (secondary N) is 1. The Morgan fingerprint density at radius 2 is 2.05 bits per heavy atom. The van der Waals surface area contributed by atoms with Crippen LogP contribution in [0.4, 0.5) is 0 Å². The van der Waals surface area contributed by atoms with Crippen molar-refractivity contribution in [2.75, 3.05) is 0 Å². The minimum Gasteiger partial charge on any atom is -0.273 e. The largest absolute Gasteiger partial charge is 0.273 e. The second kappa shape index (κ2) is 5.98. The summed E-state index contributed by atoms with van der Waals surface area (Å²) in [5.74, 6) is 0. The van der Waals surface area contributed by atoms with Crippen LogP contribution in [0.1, 0.15) is 38.2 Å². The van der Waals surface area contributed by atoms with Gasteiger partial charge in [0.15, 0.2) is 0 Å². The third-order valence-corrected chi connectivity index (χ3v) is 5.05. The highest BCUT2D eigenvalue weighted by Gasteiger charge is 2.24. The van der Waals surface area contributed by atoms with E-state index in [2.05, 4.69) is 14.9 Å². The number of hydrogen-bond acceptors (Lipinski definition) is 4. The van der Waals surface area contributed by atoms with Crippen molar-refractivity contribution in [1.29, 1.82) is 0 Å². The standard InChI is InChI=1S/C13H21N5O2S/c1-5-17-8-7-12(15-17)10(3)16-21(19,20)13-9-14-18(6-2)11(13)4/h7-10,16H,5-6H2,1-4H3. The highest BCUT2D eigenvalue weighted by Crippen LogP contribution is 2.18. The van der Waals surface area contributed by atoms with Gasteiger partial charge in [-0.3, -0.25) is 9.36 Å². The first kappa shape index (κ1) is 15.7. The topological polar surface area (TPSA) is 81.8 Å². The summed E-state index contributed by atoms with van der Waals surface area (Å²) in [6.45, 7) is 8.82. The van der Waals surface area contributed by atoms with Gasteiger partial charge in [0.05, 0.1) is 23.6 Å². The van der Waals surface area contributed by atoms with Crippen molar-refractivity contribution in [3.63, 3.8) is 0 Å². The van der Waals surface area contributed by atoms with Gasteiger partial charge in [-0.2, -0.15) is 10.2 Å². The molecule has 1 N–H and O–H groups in total. The molecular formula is C13H21N5O2S. The Balaban J connectivity index is 2.22. The molecule has 2 heterocycles. The van der Waals surface area contributed by atoms with Crippen LogP contribution in [0.5, 0.6) is 0 Å². The quantitative estimate of drug-likeness (QED) is 0.876. The lowest BCUT2D eigenvalue weighted by molar-refractivity contribution is 0.556. The molecule has 0 aliphatic heterocycles. The molecule has 7 nitrogen and oxygen atoms in total. The van der Waals surface area contributed by atoms with E-state index in [1.165, 1.54) is 6.20 Å². The van der Waals surface area contributed by atoms with Gasteiger partial charge in [-0.25, -0.2) is 13.1 Å². The molecular weight excluding hydrogens is 290 g/mol. The monoisotopic (exact) mass is 311 g/mol. The van der Waals surface area contributed by atoms with Crippen molar-refractivity contribution < 1.29 is 8.42 Å². The van der Waals surface area contributed by atoms with Gasteiger partial charge in [0.25, 0.3) is 0 Å². The molecule has 1 atom stereocenters. The van der Waals surface area contributed by atoms with Crippen molar-refractivity contribution in [2.24, 2.45) is 0 Å². The van der Waals surface area contributed by atoms with Crippen LogP contribution in [-0.2, 0) is 23.1 Å². The molecule has 2 aromatic heterocycles. The van der Waals surface area contributed by atoms with E-state index in [9.17, 15) is 8.42 Å². The number of aromatic nitrogens is 4. The van der Waals surface area contributed by atoms with E-state index in [4.69, 9.17) is 0 Å². The highest BCUT2D eigenvalue weighted by atomic mass is 32.2. The molecule has 0 bridgehead atoms. The summed E-state index contributed by atoms with van der Waals surface area (Å²) in [6, 6.07) is 1.42. The van der Waals surface area contributed by atoms with Crippen molar-refractivity contribution in [2.45, 2.75) is 51.7 Å². The minimum absolute atomic E-state index is 0.214. The maximum absolute atomic E-state index is 12.4. The molecule has 2 rings (SSSR count). The molecule has 21 heavy (non-hydrogen) atoms. The van der Waals surface area contributed by atoms with Crippen LogP contribution in [-0.4, -0.2) is 28.0 Å². The zero-order valence-electron chi connectivity index (χ0n) is 12.7. The van der Waals surface area contributed by atoms with Gasteiger partial charge in [-0.05, 0) is 33.8 Å². The van der Waals surface area contributed by atoms with E-state index >= 15 is 0 Å². The first-order chi connectivity index (χ1) is 9.89. The summed E-state index contributed by atoms with van der Waals surface area (Å²) in [5, 5.41) is 8.39. The van der Waals surface area contributed by atoms with Crippen LogP contribution in [0, 0.1) is 6.92 Å². The van der Waals surface area contributed by atoms with E-state index in [-0.39, 0.29) is 4.90 Å². The lowest BCUT2D eigenvalue weighted by Gasteiger charge is -2.12. The molecule has 2 aromatic rings. The van der Waals surface area contributed by atoms with Crippen LogP contribution >= 0.6 is 0 Å². The van der Waals surface area contributed by atoms with Gasteiger partial charge in [0.1, 0.15) is 4.90 Å². The van der Waals surface area contributed by atoms with E-state index in [1.54, 1.807) is 23.2 Å².